The summed E-state index contributed by atoms with van der Waals surface area (Å²) in [4.78, 5) is 38.4. The van der Waals surface area contributed by atoms with Gasteiger partial charge < -0.3 is 10.2 Å². The molecule has 1 saturated heterocycles. The molecule has 0 aliphatic carbocycles. The van der Waals surface area contributed by atoms with E-state index in [1.807, 2.05) is 17.0 Å². The standard InChI is InChI=1S/C19H23N5O2/c1-14(25)24-9-4-16(5-10-24)19-17(21-7-8-22-19)13-23-18(26)11-15-3-2-6-20-12-15/h2-3,6-8,12,16H,4-5,9-11,13H2,1H3,(H,23,26). The number of hydrogen-bond acceptors (Lipinski definition) is 5. The lowest BCUT2D eigenvalue weighted by Crippen LogP contribution is -2.37. The Kier molecular flexibility index (Phi) is 5.88. The minimum absolute atomic E-state index is 0.0685. The third kappa shape index (κ3) is 4.62. The summed E-state index contributed by atoms with van der Waals surface area (Å²) >= 11 is 0. The fraction of sp³-hybridized carbons (Fsp3) is 0.421. The summed E-state index contributed by atoms with van der Waals surface area (Å²) < 4.78 is 0. The van der Waals surface area contributed by atoms with Gasteiger partial charge in [-0.2, -0.15) is 0 Å². The number of nitrogens with zero attached hydrogens (tertiary/aromatic N) is 4. The van der Waals surface area contributed by atoms with Gasteiger partial charge in [0.05, 0.1) is 24.4 Å². The third-order valence-corrected chi connectivity index (χ3v) is 4.67. The molecule has 0 radical (unpaired) electrons. The molecule has 136 valence electrons. The molecule has 0 bridgehead atoms. The van der Waals surface area contributed by atoms with Crippen LogP contribution in [0.1, 0.15) is 42.6 Å². The highest BCUT2D eigenvalue weighted by molar-refractivity contribution is 5.78. The van der Waals surface area contributed by atoms with Crippen molar-refractivity contribution in [3.63, 3.8) is 0 Å². The van der Waals surface area contributed by atoms with Gasteiger partial charge in [-0.25, -0.2) is 0 Å². The van der Waals surface area contributed by atoms with Crippen molar-refractivity contribution in [2.75, 3.05) is 13.1 Å². The van der Waals surface area contributed by atoms with E-state index in [2.05, 4.69) is 20.3 Å². The smallest absolute Gasteiger partial charge is 0.224 e. The van der Waals surface area contributed by atoms with Crippen LogP contribution < -0.4 is 5.32 Å². The normalized spacial score (nSPS) is 14.9. The molecule has 1 aliphatic heterocycles. The number of rotatable bonds is 5. The Bertz CT molecular complexity index is 758. The molecule has 0 saturated carbocycles. The van der Waals surface area contributed by atoms with Crippen molar-refractivity contribution in [1.29, 1.82) is 0 Å². The van der Waals surface area contributed by atoms with Gasteiger partial charge in [0.15, 0.2) is 0 Å². The first kappa shape index (κ1) is 18.0. The predicted molar refractivity (Wildman–Crippen MR) is 96.0 cm³/mol. The van der Waals surface area contributed by atoms with Crippen molar-refractivity contribution in [1.82, 2.24) is 25.2 Å². The van der Waals surface area contributed by atoms with Gasteiger partial charge in [-0.1, -0.05) is 6.07 Å². The van der Waals surface area contributed by atoms with Crippen LogP contribution in [0.4, 0.5) is 0 Å². The monoisotopic (exact) mass is 353 g/mol. The lowest BCUT2D eigenvalue weighted by atomic mass is 9.92. The van der Waals surface area contributed by atoms with Gasteiger partial charge in [0.2, 0.25) is 11.8 Å². The number of carbonyl (C=O) groups is 2. The van der Waals surface area contributed by atoms with Gasteiger partial charge in [0, 0.05) is 50.7 Å². The summed E-state index contributed by atoms with van der Waals surface area (Å²) in [6.07, 6.45) is 8.75. The number of pyridine rings is 1. The second-order valence-corrected chi connectivity index (χ2v) is 6.48. The van der Waals surface area contributed by atoms with Gasteiger partial charge in [-0.3, -0.25) is 24.5 Å². The maximum absolute atomic E-state index is 12.2. The number of aromatic nitrogens is 3. The van der Waals surface area contributed by atoms with E-state index in [1.54, 1.807) is 31.7 Å². The van der Waals surface area contributed by atoms with E-state index in [0.717, 1.165) is 42.9 Å². The highest BCUT2D eigenvalue weighted by Gasteiger charge is 2.25. The molecule has 1 N–H and O–H groups in total. The molecule has 0 atom stereocenters. The number of carbonyl (C=O) groups excluding carboxylic acids is 2. The molecule has 1 aliphatic rings. The number of amides is 2. The first-order chi connectivity index (χ1) is 12.6. The van der Waals surface area contributed by atoms with E-state index in [0.29, 0.717) is 13.0 Å². The van der Waals surface area contributed by atoms with Crippen LogP contribution in [0, 0.1) is 0 Å². The molecular formula is C19H23N5O2. The first-order valence-corrected chi connectivity index (χ1v) is 8.84. The van der Waals surface area contributed by atoms with Gasteiger partial charge in [-0.05, 0) is 24.5 Å². The Morgan fingerprint density at radius 1 is 1.19 bits per heavy atom. The summed E-state index contributed by atoms with van der Waals surface area (Å²) in [5.41, 5.74) is 2.60. The van der Waals surface area contributed by atoms with Gasteiger partial charge in [0.1, 0.15) is 0 Å². The minimum Gasteiger partial charge on any atom is -0.350 e. The maximum Gasteiger partial charge on any atom is 0.224 e. The molecule has 0 unspecified atom stereocenters. The van der Waals surface area contributed by atoms with Crippen LogP contribution >= 0.6 is 0 Å². The van der Waals surface area contributed by atoms with Crippen molar-refractivity contribution in [3.8, 4) is 0 Å². The highest BCUT2D eigenvalue weighted by atomic mass is 16.2. The average molecular weight is 353 g/mol. The van der Waals surface area contributed by atoms with Crippen molar-refractivity contribution < 1.29 is 9.59 Å². The van der Waals surface area contributed by atoms with Crippen LogP contribution in [0.25, 0.3) is 0 Å². The minimum atomic E-state index is -0.0685. The third-order valence-electron chi connectivity index (χ3n) is 4.67. The molecular weight excluding hydrogens is 330 g/mol. The Morgan fingerprint density at radius 3 is 2.65 bits per heavy atom. The lowest BCUT2D eigenvalue weighted by molar-refractivity contribution is -0.129. The molecule has 0 spiro atoms. The zero-order chi connectivity index (χ0) is 18.4. The van der Waals surface area contributed by atoms with Crippen molar-refractivity contribution in [2.45, 2.75) is 38.6 Å². The topological polar surface area (TPSA) is 88.1 Å². The molecule has 2 amide bonds. The number of likely N-dealkylation sites (tertiary alicyclic amines) is 1. The summed E-state index contributed by atoms with van der Waals surface area (Å²) in [5.74, 6) is 0.316. The van der Waals surface area contributed by atoms with Gasteiger partial charge >= 0.3 is 0 Å². The van der Waals surface area contributed by atoms with Crippen molar-refractivity contribution in [2.24, 2.45) is 0 Å². The largest absolute Gasteiger partial charge is 0.350 e. The summed E-state index contributed by atoms with van der Waals surface area (Å²) in [7, 11) is 0. The quantitative estimate of drug-likeness (QED) is 0.879. The Balaban J connectivity index is 1.59. The second-order valence-electron chi connectivity index (χ2n) is 6.48. The van der Waals surface area contributed by atoms with Crippen LogP contribution in [0.3, 0.4) is 0 Å². The van der Waals surface area contributed by atoms with E-state index >= 15 is 0 Å². The first-order valence-electron chi connectivity index (χ1n) is 8.84. The van der Waals surface area contributed by atoms with Crippen LogP contribution in [-0.2, 0) is 22.6 Å². The molecule has 0 aromatic carbocycles. The lowest BCUT2D eigenvalue weighted by Gasteiger charge is -2.31. The Morgan fingerprint density at radius 2 is 1.96 bits per heavy atom. The molecule has 3 heterocycles. The zero-order valence-corrected chi connectivity index (χ0v) is 14.9. The van der Waals surface area contributed by atoms with E-state index < -0.39 is 0 Å². The van der Waals surface area contributed by atoms with Crippen LogP contribution in [0.15, 0.2) is 36.9 Å². The van der Waals surface area contributed by atoms with E-state index in [9.17, 15) is 9.59 Å². The summed E-state index contributed by atoms with van der Waals surface area (Å²) in [6.45, 7) is 3.44. The SMILES string of the molecule is CC(=O)N1CCC(c2nccnc2CNC(=O)Cc2cccnc2)CC1. The van der Waals surface area contributed by atoms with E-state index in [-0.39, 0.29) is 17.7 Å². The van der Waals surface area contributed by atoms with E-state index in [4.69, 9.17) is 0 Å². The summed E-state index contributed by atoms with van der Waals surface area (Å²) in [5, 5.41) is 2.92. The van der Waals surface area contributed by atoms with Gasteiger partial charge in [-0.15, -0.1) is 0 Å². The van der Waals surface area contributed by atoms with Crippen LogP contribution in [-0.4, -0.2) is 44.8 Å². The average Bonchev–Trinajstić information content (AvgIpc) is 2.67. The van der Waals surface area contributed by atoms with Gasteiger partial charge in [0.25, 0.3) is 0 Å². The fourth-order valence-electron chi connectivity index (χ4n) is 3.26. The predicted octanol–water partition coefficient (Wildman–Crippen LogP) is 1.46. The molecule has 7 nitrogen and oxygen atoms in total. The van der Waals surface area contributed by atoms with Crippen molar-refractivity contribution in [3.05, 3.63) is 53.9 Å². The zero-order valence-electron chi connectivity index (χ0n) is 14.9. The Hall–Kier alpha value is -2.83. The molecule has 26 heavy (non-hydrogen) atoms. The van der Waals surface area contributed by atoms with Crippen molar-refractivity contribution >= 4 is 11.8 Å². The highest BCUT2D eigenvalue weighted by Crippen LogP contribution is 2.28. The molecule has 2 aromatic rings. The van der Waals surface area contributed by atoms with Crippen LogP contribution in [0.2, 0.25) is 0 Å². The summed E-state index contributed by atoms with van der Waals surface area (Å²) in [6, 6.07) is 3.69. The molecule has 7 heteroatoms. The second kappa shape index (κ2) is 8.51. The molecule has 1 fully saturated rings. The number of nitrogens with one attached hydrogen (secondary N) is 1. The number of piperidine rings is 1. The number of hydrogen-bond donors (Lipinski definition) is 1. The molecule has 2 aromatic heterocycles. The fourth-order valence-corrected chi connectivity index (χ4v) is 3.26. The Labute approximate surface area is 152 Å². The molecule has 3 rings (SSSR count). The van der Waals surface area contributed by atoms with Crippen LogP contribution in [0.5, 0.6) is 0 Å². The maximum atomic E-state index is 12.2. The van der Waals surface area contributed by atoms with E-state index in [1.165, 1.54) is 0 Å².